The number of aromatic nitrogens is 1. The largest absolute Gasteiger partial charge is 0.472 e. The number of amides is 3. The SMILES string of the molecule is Cn1oc(C(=O)N2CCC(N3C(=O)O[C@H]4CN(C(=O)CCc5ccoc5)C[C@H]43)C2)cc1=O. The van der Waals surface area contributed by atoms with E-state index in [0.717, 1.165) is 10.3 Å². The summed E-state index contributed by atoms with van der Waals surface area (Å²) in [6, 6.07) is 2.57. The van der Waals surface area contributed by atoms with Crippen LogP contribution in [0.2, 0.25) is 0 Å². The van der Waals surface area contributed by atoms with Crippen LogP contribution in [0.4, 0.5) is 4.79 Å². The van der Waals surface area contributed by atoms with Crippen LogP contribution in [0.25, 0.3) is 0 Å². The molecular weight excluding hydrogens is 420 g/mol. The summed E-state index contributed by atoms with van der Waals surface area (Å²) >= 11 is 0. The van der Waals surface area contributed by atoms with E-state index in [2.05, 4.69) is 0 Å². The molecule has 0 aromatic carbocycles. The molecule has 3 saturated heterocycles. The monoisotopic (exact) mass is 444 g/mol. The Bertz CT molecular complexity index is 1090. The zero-order valence-corrected chi connectivity index (χ0v) is 17.6. The van der Waals surface area contributed by atoms with Crippen molar-refractivity contribution in [1.29, 1.82) is 0 Å². The minimum absolute atomic E-state index is 0.0129. The Hall–Kier alpha value is -3.50. The zero-order valence-electron chi connectivity index (χ0n) is 17.6. The Morgan fingerprint density at radius 2 is 2.00 bits per heavy atom. The minimum Gasteiger partial charge on any atom is -0.472 e. The molecule has 5 rings (SSSR count). The van der Waals surface area contributed by atoms with Crippen molar-refractivity contribution >= 4 is 17.9 Å². The number of hydrogen-bond donors (Lipinski definition) is 0. The number of carbonyl (C=O) groups is 3. The Morgan fingerprint density at radius 3 is 2.72 bits per heavy atom. The van der Waals surface area contributed by atoms with Crippen LogP contribution in [0.3, 0.4) is 0 Å². The van der Waals surface area contributed by atoms with Crippen molar-refractivity contribution in [2.45, 2.75) is 37.5 Å². The average molecular weight is 444 g/mol. The van der Waals surface area contributed by atoms with Gasteiger partial charge in [-0.3, -0.25) is 19.3 Å². The van der Waals surface area contributed by atoms with Gasteiger partial charge in [0.1, 0.15) is 6.10 Å². The van der Waals surface area contributed by atoms with Gasteiger partial charge in [0.05, 0.1) is 37.2 Å². The Labute approximate surface area is 183 Å². The van der Waals surface area contributed by atoms with Gasteiger partial charge >= 0.3 is 6.09 Å². The number of ether oxygens (including phenoxy) is 1. The summed E-state index contributed by atoms with van der Waals surface area (Å²) < 4.78 is 16.8. The Balaban J connectivity index is 1.21. The Kier molecular flexibility index (Phi) is 5.03. The van der Waals surface area contributed by atoms with Crippen molar-refractivity contribution in [3.8, 4) is 0 Å². The number of nitrogens with zero attached hydrogens (tertiary/aromatic N) is 4. The van der Waals surface area contributed by atoms with E-state index in [4.69, 9.17) is 13.7 Å². The van der Waals surface area contributed by atoms with Gasteiger partial charge in [-0.25, -0.2) is 4.79 Å². The second-order valence-corrected chi connectivity index (χ2v) is 8.46. The first kappa shape index (κ1) is 20.4. The first-order valence-corrected chi connectivity index (χ1v) is 10.6. The van der Waals surface area contributed by atoms with Crippen LogP contribution in [0, 0.1) is 0 Å². The van der Waals surface area contributed by atoms with Gasteiger partial charge in [0.25, 0.3) is 11.5 Å². The first-order chi connectivity index (χ1) is 15.4. The van der Waals surface area contributed by atoms with Gasteiger partial charge in [-0.1, -0.05) is 0 Å². The number of likely N-dealkylation sites (tertiary alicyclic amines) is 2. The number of carbonyl (C=O) groups excluding carboxylic acids is 3. The molecule has 2 aromatic rings. The summed E-state index contributed by atoms with van der Waals surface area (Å²) in [7, 11) is 1.44. The molecule has 0 aliphatic carbocycles. The first-order valence-electron chi connectivity index (χ1n) is 10.6. The molecule has 11 nitrogen and oxygen atoms in total. The van der Waals surface area contributed by atoms with Crippen molar-refractivity contribution < 1.29 is 28.1 Å². The molecule has 3 aliphatic heterocycles. The highest BCUT2D eigenvalue weighted by atomic mass is 16.6. The third-order valence-corrected chi connectivity index (χ3v) is 6.47. The van der Waals surface area contributed by atoms with Gasteiger partial charge in [0.15, 0.2) is 0 Å². The van der Waals surface area contributed by atoms with E-state index in [9.17, 15) is 19.2 Å². The molecule has 3 fully saturated rings. The van der Waals surface area contributed by atoms with E-state index in [1.165, 1.54) is 13.1 Å². The molecule has 0 bridgehead atoms. The normalized spacial score (nSPS) is 24.8. The van der Waals surface area contributed by atoms with E-state index in [0.29, 0.717) is 45.4 Å². The van der Waals surface area contributed by atoms with E-state index >= 15 is 0 Å². The molecule has 0 saturated carbocycles. The maximum absolute atomic E-state index is 12.7. The maximum atomic E-state index is 12.7. The number of aryl methyl sites for hydroxylation is 2. The lowest BCUT2D eigenvalue weighted by Crippen LogP contribution is -2.47. The highest BCUT2D eigenvalue weighted by Crippen LogP contribution is 2.32. The summed E-state index contributed by atoms with van der Waals surface area (Å²) in [5.74, 6) is -0.383. The molecule has 3 aliphatic rings. The average Bonchev–Trinajstić information content (AvgIpc) is 3.56. The summed E-state index contributed by atoms with van der Waals surface area (Å²) in [6.45, 7) is 1.56. The van der Waals surface area contributed by atoms with Crippen LogP contribution >= 0.6 is 0 Å². The molecule has 1 unspecified atom stereocenters. The van der Waals surface area contributed by atoms with Crippen LogP contribution in [0.1, 0.15) is 29.0 Å². The molecule has 170 valence electrons. The molecule has 2 aromatic heterocycles. The van der Waals surface area contributed by atoms with Gasteiger partial charge in [0.2, 0.25) is 11.7 Å². The summed E-state index contributed by atoms with van der Waals surface area (Å²) in [5.41, 5.74) is 0.578. The molecule has 32 heavy (non-hydrogen) atoms. The number of fused-ring (bicyclic) bond motifs is 1. The fourth-order valence-corrected chi connectivity index (χ4v) is 4.77. The quantitative estimate of drug-likeness (QED) is 0.657. The second-order valence-electron chi connectivity index (χ2n) is 8.46. The zero-order chi connectivity index (χ0) is 22.4. The lowest BCUT2D eigenvalue weighted by atomic mass is 10.1. The fourth-order valence-electron chi connectivity index (χ4n) is 4.77. The van der Waals surface area contributed by atoms with Crippen LogP contribution in [0.15, 0.2) is 38.4 Å². The van der Waals surface area contributed by atoms with E-state index in [1.54, 1.807) is 27.2 Å². The third-order valence-electron chi connectivity index (χ3n) is 6.47. The molecule has 3 amide bonds. The van der Waals surface area contributed by atoms with E-state index in [1.807, 2.05) is 6.07 Å². The Morgan fingerprint density at radius 1 is 1.16 bits per heavy atom. The van der Waals surface area contributed by atoms with E-state index in [-0.39, 0.29) is 35.8 Å². The molecule has 3 atom stereocenters. The van der Waals surface area contributed by atoms with Gasteiger partial charge < -0.3 is 23.5 Å². The second kappa shape index (κ2) is 7.88. The number of rotatable bonds is 5. The molecule has 11 heteroatoms. The van der Waals surface area contributed by atoms with Gasteiger partial charge in [-0.15, -0.1) is 0 Å². The van der Waals surface area contributed by atoms with Crippen LogP contribution in [0.5, 0.6) is 0 Å². The van der Waals surface area contributed by atoms with E-state index < -0.39 is 11.7 Å². The predicted molar refractivity (Wildman–Crippen MR) is 108 cm³/mol. The summed E-state index contributed by atoms with van der Waals surface area (Å²) in [4.78, 5) is 54.5. The third kappa shape index (κ3) is 3.57. The molecule has 0 spiro atoms. The highest BCUT2D eigenvalue weighted by Gasteiger charge is 2.52. The number of furan rings is 1. The van der Waals surface area contributed by atoms with Gasteiger partial charge in [-0.2, -0.15) is 4.74 Å². The molecule has 0 N–H and O–H groups in total. The van der Waals surface area contributed by atoms with Crippen molar-refractivity contribution in [2.24, 2.45) is 7.05 Å². The molecular formula is C21H24N4O7. The van der Waals surface area contributed by atoms with Gasteiger partial charge in [-0.05, 0) is 24.5 Å². The van der Waals surface area contributed by atoms with Gasteiger partial charge in [0, 0.05) is 33.1 Å². The van der Waals surface area contributed by atoms with Crippen LogP contribution < -0.4 is 5.56 Å². The van der Waals surface area contributed by atoms with Crippen molar-refractivity contribution in [3.05, 3.63) is 46.3 Å². The van der Waals surface area contributed by atoms with Crippen molar-refractivity contribution in [1.82, 2.24) is 19.4 Å². The highest BCUT2D eigenvalue weighted by molar-refractivity contribution is 5.91. The maximum Gasteiger partial charge on any atom is 0.410 e. The smallest absolute Gasteiger partial charge is 0.410 e. The molecule has 5 heterocycles. The standard InChI is InChI=1S/C21H24N4O7/c1-22-19(27)8-16(32-22)20(28)23-6-4-14(9-23)25-15-10-24(11-17(15)31-21(25)29)18(26)3-2-13-5-7-30-12-13/h5,7-8,12,14-15,17H,2-4,6,9-11H2,1H3/t14?,15-,17+/m1/s1. The topological polar surface area (TPSA) is 118 Å². The minimum atomic E-state index is -0.406. The van der Waals surface area contributed by atoms with Crippen molar-refractivity contribution in [2.75, 3.05) is 26.2 Å². The van der Waals surface area contributed by atoms with Crippen molar-refractivity contribution in [3.63, 3.8) is 0 Å². The lowest BCUT2D eigenvalue weighted by molar-refractivity contribution is -0.130. The summed E-state index contributed by atoms with van der Waals surface area (Å²) in [5, 5.41) is 0. The predicted octanol–water partition coefficient (Wildman–Crippen LogP) is 0.450. The summed E-state index contributed by atoms with van der Waals surface area (Å²) in [6.07, 6.45) is 3.99. The van der Waals surface area contributed by atoms with Crippen LogP contribution in [-0.2, 0) is 23.0 Å². The van der Waals surface area contributed by atoms with Crippen LogP contribution in [-0.4, -0.2) is 81.7 Å². The lowest BCUT2D eigenvalue weighted by Gasteiger charge is -2.28. The number of hydrogen-bond acceptors (Lipinski definition) is 7. The molecule has 0 radical (unpaired) electrons. The fraction of sp³-hybridized carbons (Fsp3) is 0.524.